The van der Waals surface area contributed by atoms with Gasteiger partial charge in [0.2, 0.25) is 0 Å². The lowest BCUT2D eigenvalue weighted by molar-refractivity contribution is -0.132. The van der Waals surface area contributed by atoms with Crippen LogP contribution >= 0.6 is 11.6 Å². The van der Waals surface area contributed by atoms with Crippen molar-refractivity contribution in [3.05, 3.63) is 81.8 Å². The summed E-state index contributed by atoms with van der Waals surface area (Å²) in [5.74, 6) is -1.21. The normalized spacial score (nSPS) is 17.5. The van der Waals surface area contributed by atoms with E-state index >= 15 is 0 Å². The highest BCUT2D eigenvalue weighted by molar-refractivity contribution is 6.51. The largest absolute Gasteiger partial charge is 0.507 e. The number of ketones is 1. The van der Waals surface area contributed by atoms with Crippen LogP contribution in [0.3, 0.4) is 0 Å². The summed E-state index contributed by atoms with van der Waals surface area (Å²) in [5, 5.41) is 11.6. The number of carbonyl (C=O) groups is 2. The van der Waals surface area contributed by atoms with Crippen molar-refractivity contribution in [1.29, 1.82) is 0 Å². The lowest BCUT2D eigenvalue weighted by Gasteiger charge is -2.25. The van der Waals surface area contributed by atoms with Crippen LogP contribution in [0, 0.1) is 13.8 Å². The quantitative estimate of drug-likeness (QED) is 0.315. The Labute approximate surface area is 195 Å². The molecule has 8 heteroatoms. The number of halogens is 1. The van der Waals surface area contributed by atoms with Crippen LogP contribution in [0.2, 0.25) is 5.02 Å². The Kier molecular flexibility index (Phi) is 5.91. The summed E-state index contributed by atoms with van der Waals surface area (Å²) in [6.07, 6.45) is 1.45. The molecule has 1 aromatic heterocycles. The number of Topliss-reactive ketones (excluding diaryl/α,β-unsaturated/α-hetero) is 1. The molecule has 2 aromatic carbocycles. The summed E-state index contributed by atoms with van der Waals surface area (Å²) in [6, 6.07) is 10.9. The van der Waals surface area contributed by atoms with Crippen molar-refractivity contribution in [2.75, 3.05) is 19.1 Å². The molecule has 0 spiro atoms. The zero-order valence-electron chi connectivity index (χ0n) is 18.5. The molecule has 1 fully saturated rings. The number of aryl methyl sites for hydroxylation is 2. The first-order valence-corrected chi connectivity index (χ1v) is 10.5. The summed E-state index contributed by atoms with van der Waals surface area (Å²) in [7, 11) is 2.84. The molecule has 2 heterocycles. The zero-order valence-corrected chi connectivity index (χ0v) is 19.3. The fraction of sp³-hybridized carbons (Fsp3) is 0.200. The van der Waals surface area contributed by atoms with Crippen molar-refractivity contribution < 1.29 is 28.6 Å². The number of furan rings is 1. The lowest BCUT2D eigenvalue weighted by atomic mass is 9.98. The van der Waals surface area contributed by atoms with Crippen LogP contribution in [0.25, 0.3) is 5.76 Å². The first-order valence-electron chi connectivity index (χ1n) is 10.1. The third kappa shape index (κ3) is 3.74. The van der Waals surface area contributed by atoms with Gasteiger partial charge in [0.05, 0.1) is 36.6 Å². The Morgan fingerprint density at radius 3 is 2.42 bits per heavy atom. The van der Waals surface area contributed by atoms with E-state index in [-0.39, 0.29) is 27.7 Å². The van der Waals surface area contributed by atoms with Crippen LogP contribution in [-0.4, -0.2) is 31.0 Å². The SMILES string of the molecule is COc1cc(/C(O)=C2\C(=O)C(=O)N(c3cc(C)ccc3C)C2c2ccco2)c(OC)cc1Cl. The molecule has 1 saturated heterocycles. The predicted octanol–water partition coefficient (Wildman–Crippen LogP) is 5.19. The van der Waals surface area contributed by atoms with E-state index in [9.17, 15) is 14.7 Å². The minimum absolute atomic E-state index is 0.126. The topological polar surface area (TPSA) is 89.2 Å². The maximum absolute atomic E-state index is 13.3. The average Bonchev–Trinajstić information content (AvgIpc) is 3.42. The summed E-state index contributed by atoms with van der Waals surface area (Å²) in [6.45, 7) is 3.74. The van der Waals surface area contributed by atoms with Crippen LogP contribution < -0.4 is 14.4 Å². The summed E-state index contributed by atoms with van der Waals surface area (Å²) in [4.78, 5) is 27.9. The number of benzene rings is 2. The van der Waals surface area contributed by atoms with E-state index in [4.69, 9.17) is 25.5 Å². The number of nitrogens with zero attached hydrogens (tertiary/aromatic N) is 1. The van der Waals surface area contributed by atoms with Gasteiger partial charge in [-0.25, -0.2) is 0 Å². The predicted molar refractivity (Wildman–Crippen MR) is 124 cm³/mol. The number of aliphatic hydroxyl groups is 1. The monoisotopic (exact) mass is 467 g/mol. The maximum Gasteiger partial charge on any atom is 0.300 e. The Morgan fingerprint density at radius 1 is 1.06 bits per heavy atom. The molecular weight excluding hydrogens is 446 g/mol. The molecule has 0 bridgehead atoms. The van der Waals surface area contributed by atoms with Gasteiger partial charge in [0.15, 0.2) is 0 Å². The van der Waals surface area contributed by atoms with E-state index in [0.29, 0.717) is 11.4 Å². The molecule has 0 aliphatic carbocycles. The van der Waals surface area contributed by atoms with E-state index in [2.05, 4.69) is 0 Å². The molecular formula is C25H22ClNO6. The Bertz CT molecular complexity index is 1280. The van der Waals surface area contributed by atoms with Crippen molar-refractivity contribution in [1.82, 2.24) is 0 Å². The van der Waals surface area contributed by atoms with Gasteiger partial charge >= 0.3 is 0 Å². The van der Waals surface area contributed by atoms with Crippen LogP contribution in [0.5, 0.6) is 11.5 Å². The Hall–Kier alpha value is -3.71. The van der Waals surface area contributed by atoms with Gasteiger partial charge in [-0.15, -0.1) is 0 Å². The standard InChI is InChI=1S/C25H22ClNO6/c1-13-7-8-14(2)17(10-13)27-22(18-6-5-9-33-18)21(24(29)25(27)30)23(28)15-11-20(32-4)16(26)12-19(15)31-3/h5-12,22,28H,1-4H3/b23-21+. The van der Waals surface area contributed by atoms with Crippen LogP contribution in [0.4, 0.5) is 5.69 Å². The molecule has 1 atom stereocenters. The number of amides is 1. The number of carbonyl (C=O) groups excluding carboxylic acids is 2. The smallest absolute Gasteiger partial charge is 0.300 e. The maximum atomic E-state index is 13.3. The number of ether oxygens (including phenoxy) is 2. The van der Waals surface area contributed by atoms with Gasteiger partial charge in [-0.05, 0) is 49.2 Å². The molecule has 170 valence electrons. The number of rotatable bonds is 5. The lowest BCUT2D eigenvalue weighted by Crippen LogP contribution is -2.30. The van der Waals surface area contributed by atoms with E-state index in [0.717, 1.165) is 11.1 Å². The van der Waals surface area contributed by atoms with E-state index in [1.807, 2.05) is 32.0 Å². The number of methoxy groups -OCH3 is 2. The molecule has 33 heavy (non-hydrogen) atoms. The first-order chi connectivity index (χ1) is 15.8. The minimum Gasteiger partial charge on any atom is -0.507 e. The van der Waals surface area contributed by atoms with E-state index in [1.165, 1.54) is 37.5 Å². The molecule has 4 rings (SSSR count). The zero-order chi connectivity index (χ0) is 23.9. The molecule has 1 unspecified atom stereocenters. The summed E-state index contributed by atoms with van der Waals surface area (Å²) >= 11 is 6.19. The number of hydrogen-bond donors (Lipinski definition) is 1. The van der Waals surface area contributed by atoms with E-state index in [1.54, 1.807) is 12.1 Å². The first kappa shape index (κ1) is 22.5. The van der Waals surface area contributed by atoms with Crippen molar-refractivity contribution >= 4 is 34.7 Å². The van der Waals surface area contributed by atoms with Gasteiger partial charge < -0.3 is 19.0 Å². The summed E-state index contributed by atoms with van der Waals surface area (Å²) in [5.41, 5.74) is 2.30. The fourth-order valence-electron chi connectivity index (χ4n) is 3.97. The second-order valence-electron chi connectivity index (χ2n) is 7.66. The highest BCUT2D eigenvalue weighted by Gasteiger charge is 2.49. The average molecular weight is 468 g/mol. The third-order valence-corrected chi connectivity index (χ3v) is 5.91. The minimum atomic E-state index is -0.980. The molecule has 1 N–H and O–H groups in total. The second-order valence-corrected chi connectivity index (χ2v) is 8.07. The number of hydrogen-bond acceptors (Lipinski definition) is 6. The van der Waals surface area contributed by atoms with Gasteiger partial charge in [0.25, 0.3) is 11.7 Å². The number of anilines is 1. The van der Waals surface area contributed by atoms with Crippen LogP contribution in [-0.2, 0) is 9.59 Å². The van der Waals surface area contributed by atoms with Gasteiger partial charge in [-0.1, -0.05) is 23.7 Å². The molecule has 1 amide bonds. The van der Waals surface area contributed by atoms with Crippen molar-refractivity contribution in [3.63, 3.8) is 0 Å². The van der Waals surface area contributed by atoms with Crippen molar-refractivity contribution in [2.45, 2.75) is 19.9 Å². The van der Waals surface area contributed by atoms with Crippen molar-refractivity contribution in [3.8, 4) is 11.5 Å². The number of aliphatic hydroxyl groups excluding tert-OH is 1. The highest BCUT2D eigenvalue weighted by atomic mass is 35.5. The van der Waals surface area contributed by atoms with Crippen LogP contribution in [0.15, 0.2) is 58.7 Å². The molecule has 7 nitrogen and oxygen atoms in total. The molecule has 0 radical (unpaired) electrons. The van der Waals surface area contributed by atoms with Gasteiger partial charge in [-0.2, -0.15) is 0 Å². The molecule has 1 aliphatic heterocycles. The van der Waals surface area contributed by atoms with Gasteiger partial charge in [0, 0.05) is 11.8 Å². The van der Waals surface area contributed by atoms with Gasteiger partial charge in [-0.3, -0.25) is 14.5 Å². The third-order valence-electron chi connectivity index (χ3n) is 5.61. The van der Waals surface area contributed by atoms with E-state index < -0.39 is 23.5 Å². The van der Waals surface area contributed by atoms with Crippen molar-refractivity contribution in [2.24, 2.45) is 0 Å². The fourth-order valence-corrected chi connectivity index (χ4v) is 4.20. The molecule has 1 aliphatic rings. The second kappa shape index (κ2) is 8.67. The molecule has 3 aromatic rings. The Morgan fingerprint density at radius 2 is 1.79 bits per heavy atom. The Balaban J connectivity index is 2.00. The molecule has 0 saturated carbocycles. The van der Waals surface area contributed by atoms with Crippen LogP contribution in [0.1, 0.15) is 28.5 Å². The summed E-state index contributed by atoms with van der Waals surface area (Å²) < 4.78 is 16.2. The van der Waals surface area contributed by atoms with Gasteiger partial charge in [0.1, 0.15) is 29.1 Å². The highest BCUT2D eigenvalue weighted by Crippen LogP contribution is 2.45.